The molecule has 2 aliphatic heterocycles. The van der Waals surface area contributed by atoms with E-state index in [0.29, 0.717) is 30.5 Å². The van der Waals surface area contributed by atoms with Gasteiger partial charge in [0.15, 0.2) is 5.78 Å². The normalized spacial score (nSPS) is 27.4. The van der Waals surface area contributed by atoms with Crippen LogP contribution in [0.2, 0.25) is 0 Å². The minimum Gasteiger partial charge on any atom is -0.326 e. The van der Waals surface area contributed by atoms with Gasteiger partial charge < -0.3 is 10.6 Å². The number of nitrogens with zero attached hydrogens (tertiary/aromatic N) is 1. The fourth-order valence-electron chi connectivity index (χ4n) is 4.43. The Bertz CT molecular complexity index is 850. The molecule has 1 spiro atoms. The molecule has 2 fully saturated rings. The van der Waals surface area contributed by atoms with Gasteiger partial charge in [-0.1, -0.05) is 19.8 Å². The zero-order valence-corrected chi connectivity index (χ0v) is 15.3. The minimum absolute atomic E-state index is 0.0344. The van der Waals surface area contributed by atoms with Gasteiger partial charge in [0, 0.05) is 17.7 Å². The quantitative estimate of drug-likeness (QED) is 0.631. The summed E-state index contributed by atoms with van der Waals surface area (Å²) in [5.41, 5.74) is 1.21. The summed E-state index contributed by atoms with van der Waals surface area (Å²) in [6.45, 7) is 1.73. The maximum absolute atomic E-state index is 13.0. The van der Waals surface area contributed by atoms with E-state index >= 15 is 0 Å². The molecular weight excluding hydrogens is 346 g/mol. The molecule has 0 bridgehead atoms. The number of urea groups is 1. The minimum atomic E-state index is -0.851. The third-order valence-corrected chi connectivity index (χ3v) is 6.13. The molecule has 2 heterocycles. The fraction of sp³-hybridized carbons (Fsp3) is 0.500. The van der Waals surface area contributed by atoms with Crippen molar-refractivity contribution >= 4 is 29.3 Å². The third kappa shape index (κ3) is 2.91. The molecule has 2 N–H and O–H groups in total. The fourth-order valence-corrected chi connectivity index (χ4v) is 4.43. The summed E-state index contributed by atoms with van der Waals surface area (Å²) in [5.74, 6) is -0.528. The number of amides is 4. The third-order valence-electron chi connectivity index (χ3n) is 6.13. The number of carbonyl (C=O) groups is 4. The summed E-state index contributed by atoms with van der Waals surface area (Å²) in [6, 6.07) is 4.60. The highest BCUT2D eigenvalue weighted by atomic mass is 16.2. The topological polar surface area (TPSA) is 95.6 Å². The van der Waals surface area contributed by atoms with Crippen molar-refractivity contribution in [1.29, 1.82) is 0 Å². The number of hydrogen-bond acceptors (Lipinski definition) is 4. The Balaban J connectivity index is 1.52. The molecule has 0 unspecified atom stereocenters. The molecular formula is C20H23N3O4. The molecule has 27 heavy (non-hydrogen) atoms. The molecule has 3 aliphatic rings. The average Bonchev–Trinajstić information content (AvgIpc) is 2.88. The Morgan fingerprint density at radius 2 is 2.04 bits per heavy atom. The van der Waals surface area contributed by atoms with Gasteiger partial charge in [-0.3, -0.25) is 19.3 Å². The van der Waals surface area contributed by atoms with E-state index in [1.807, 2.05) is 6.92 Å². The maximum Gasteiger partial charge on any atom is 0.325 e. The Morgan fingerprint density at radius 1 is 1.22 bits per heavy atom. The van der Waals surface area contributed by atoms with Crippen molar-refractivity contribution in [2.24, 2.45) is 5.92 Å². The van der Waals surface area contributed by atoms with Crippen molar-refractivity contribution in [1.82, 2.24) is 10.2 Å². The van der Waals surface area contributed by atoms with E-state index in [9.17, 15) is 19.2 Å². The summed E-state index contributed by atoms with van der Waals surface area (Å²) < 4.78 is 0. The standard InChI is InChI=1S/C20H23N3O4/c1-12-4-2-3-9-20(12)18(26)23(19(27)22-20)11-16(24)14-5-7-15-13(10-14)6-8-17(25)21-15/h5,7,10,12H,2-4,6,8-9,11H2,1H3,(H,21,25)(H,22,27)/t12-,20-/m0/s1. The van der Waals surface area contributed by atoms with E-state index in [2.05, 4.69) is 10.6 Å². The SMILES string of the molecule is C[C@H]1CCCC[C@]12NC(=O)N(CC(=O)c1ccc3c(c1)CCC(=O)N3)C2=O. The molecule has 7 heteroatoms. The lowest BCUT2D eigenvalue weighted by atomic mass is 9.73. The smallest absolute Gasteiger partial charge is 0.325 e. The van der Waals surface area contributed by atoms with Crippen LogP contribution >= 0.6 is 0 Å². The van der Waals surface area contributed by atoms with Crippen LogP contribution < -0.4 is 10.6 Å². The lowest BCUT2D eigenvalue weighted by Crippen LogP contribution is -2.54. The zero-order valence-electron chi connectivity index (χ0n) is 15.3. The molecule has 1 saturated heterocycles. The van der Waals surface area contributed by atoms with E-state index < -0.39 is 11.6 Å². The molecule has 0 radical (unpaired) electrons. The van der Waals surface area contributed by atoms with E-state index in [0.717, 1.165) is 29.7 Å². The molecule has 1 aromatic carbocycles. The average molecular weight is 369 g/mol. The predicted octanol–water partition coefficient (Wildman–Crippen LogP) is 2.25. The molecule has 1 saturated carbocycles. The van der Waals surface area contributed by atoms with Crippen LogP contribution in [0, 0.1) is 5.92 Å². The number of anilines is 1. The van der Waals surface area contributed by atoms with Gasteiger partial charge in [0.25, 0.3) is 5.91 Å². The Morgan fingerprint density at radius 3 is 2.81 bits per heavy atom. The number of nitrogens with one attached hydrogen (secondary N) is 2. The van der Waals surface area contributed by atoms with Crippen LogP contribution in [-0.2, 0) is 16.0 Å². The summed E-state index contributed by atoms with van der Waals surface area (Å²) >= 11 is 0. The number of ketones is 1. The number of carbonyl (C=O) groups excluding carboxylic acids is 4. The van der Waals surface area contributed by atoms with Crippen LogP contribution in [0.15, 0.2) is 18.2 Å². The number of fused-ring (bicyclic) bond motifs is 1. The van der Waals surface area contributed by atoms with E-state index in [1.54, 1.807) is 18.2 Å². The monoisotopic (exact) mass is 369 g/mol. The van der Waals surface area contributed by atoms with Crippen LogP contribution in [0.3, 0.4) is 0 Å². The maximum atomic E-state index is 13.0. The van der Waals surface area contributed by atoms with Crippen molar-refractivity contribution in [3.05, 3.63) is 29.3 Å². The second-order valence-corrected chi connectivity index (χ2v) is 7.78. The largest absolute Gasteiger partial charge is 0.326 e. The van der Waals surface area contributed by atoms with Crippen molar-refractivity contribution in [3.63, 3.8) is 0 Å². The van der Waals surface area contributed by atoms with Gasteiger partial charge >= 0.3 is 6.03 Å². The van der Waals surface area contributed by atoms with Crippen LogP contribution in [0.5, 0.6) is 0 Å². The molecule has 7 nitrogen and oxygen atoms in total. The van der Waals surface area contributed by atoms with E-state index in [-0.39, 0.29) is 30.1 Å². The number of imide groups is 1. The van der Waals surface area contributed by atoms with Crippen molar-refractivity contribution in [2.45, 2.75) is 51.0 Å². The van der Waals surface area contributed by atoms with Gasteiger partial charge in [0.2, 0.25) is 5.91 Å². The number of benzene rings is 1. The number of rotatable bonds is 3. The van der Waals surface area contributed by atoms with Gasteiger partial charge in [0.05, 0.1) is 6.54 Å². The van der Waals surface area contributed by atoms with Crippen LogP contribution in [-0.4, -0.2) is 40.6 Å². The summed E-state index contributed by atoms with van der Waals surface area (Å²) in [5, 5.41) is 5.65. The molecule has 4 rings (SSSR count). The molecule has 1 aromatic rings. The van der Waals surface area contributed by atoms with Crippen molar-refractivity contribution in [2.75, 3.05) is 11.9 Å². The Labute approximate surface area is 157 Å². The molecule has 4 amide bonds. The first-order chi connectivity index (χ1) is 12.9. The summed E-state index contributed by atoms with van der Waals surface area (Å²) in [6.07, 6.45) is 4.43. The lowest BCUT2D eigenvalue weighted by Gasteiger charge is -2.36. The number of Topliss-reactive ketones (excluding diaryl/α,β-unsaturated/α-hetero) is 1. The van der Waals surface area contributed by atoms with Crippen LogP contribution in [0.4, 0.5) is 10.5 Å². The van der Waals surface area contributed by atoms with Gasteiger partial charge in [-0.05, 0) is 48.9 Å². The lowest BCUT2D eigenvalue weighted by molar-refractivity contribution is -0.133. The second-order valence-electron chi connectivity index (χ2n) is 7.78. The first-order valence-electron chi connectivity index (χ1n) is 9.51. The summed E-state index contributed by atoms with van der Waals surface area (Å²) in [4.78, 5) is 50.7. The van der Waals surface area contributed by atoms with Crippen LogP contribution in [0.25, 0.3) is 0 Å². The first-order valence-corrected chi connectivity index (χ1v) is 9.51. The number of hydrogen-bond donors (Lipinski definition) is 2. The van der Waals surface area contributed by atoms with Gasteiger partial charge in [0.1, 0.15) is 5.54 Å². The zero-order chi connectivity index (χ0) is 19.2. The second kappa shape index (κ2) is 6.48. The Kier molecular flexibility index (Phi) is 4.25. The molecule has 1 aliphatic carbocycles. The highest BCUT2D eigenvalue weighted by Gasteiger charge is 2.55. The van der Waals surface area contributed by atoms with Crippen molar-refractivity contribution < 1.29 is 19.2 Å². The first kappa shape index (κ1) is 17.7. The van der Waals surface area contributed by atoms with Gasteiger partial charge in [-0.2, -0.15) is 0 Å². The number of aryl methyl sites for hydroxylation is 1. The highest BCUT2D eigenvalue weighted by Crippen LogP contribution is 2.38. The highest BCUT2D eigenvalue weighted by molar-refractivity contribution is 6.11. The molecule has 142 valence electrons. The predicted molar refractivity (Wildman–Crippen MR) is 98.3 cm³/mol. The van der Waals surface area contributed by atoms with Gasteiger partial charge in [-0.25, -0.2) is 4.79 Å². The molecule has 2 atom stereocenters. The summed E-state index contributed by atoms with van der Waals surface area (Å²) in [7, 11) is 0. The van der Waals surface area contributed by atoms with E-state index in [4.69, 9.17) is 0 Å². The van der Waals surface area contributed by atoms with E-state index in [1.165, 1.54) is 0 Å². The van der Waals surface area contributed by atoms with Crippen LogP contribution in [0.1, 0.15) is 54.9 Å². The Hall–Kier alpha value is -2.70. The van der Waals surface area contributed by atoms with Gasteiger partial charge in [-0.15, -0.1) is 0 Å². The van der Waals surface area contributed by atoms with Crippen molar-refractivity contribution in [3.8, 4) is 0 Å². The molecule has 0 aromatic heterocycles.